The smallest absolute Gasteiger partial charge is 0.258 e. The summed E-state index contributed by atoms with van der Waals surface area (Å²) in [7, 11) is 0. The maximum atomic E-state index is 13.2. The van der Waals surface area contributed by atoms with Crippen LogP contribution in [-0.4, -0.2) is 30.9 Å². The van der Waals surface area contributed by atoms with Gasteiger partial charge >= 0.3 is 0 Å². The van der Waals surface area contributed by atoms with E-state index in [4.69, 9.17) is 14.2 Å². The van der Waals surface area contributed by atoms with E-state index >= 15 is 0 Å². The Morgan fingerprint density at radius 2 is 1.32 bits per heavy atom. The summed E-state index contributed by atoms with van der Waals surface area (Å²) in [6.07, 6.45) is 0.143. The molecule has 1 atom stereocenters. The molecule has 6 heteroatoms. The Labute approximate surface area is 223 Å². The van der Waals surface area contributed by atoms with Crippen molar-refractivity contribution in [2.75, 3.05) is 13.2 Å². The number of nitrogens with one attached hydrogen (secondary N) is 1. The lowest BCUT2D eigenvalue weighted by Gasteiger charge is -2.18. The third-order valence-corrected chi connectivity index (χ3v) is 5.79. The fourth-order valence-corrected chi connectivity index (χ4v) is 3.73. The van der Waals surface area contributed by atoms with Crippen molar-refractivity contribution in [3.8, 4) is 17.2 Å². The second-order valence-electron chi connectivity index (χ2n) is 8.92. The fraction of sp³-hybridized carbons (Fsp3) is 0.188. The number of ether oxygens (including phenoxy) is 3. The molecule has 0 radical (unpaired) electrons. The molecular weight excluding hydrogens is 478 g/mol. The quantitative estimate of drug-likeness (QED) is 0.251. The molecule has 6 nitrogen and oxygen atoms in total. The van der Waals surface area contributed by atoms with E-state index in [1.807, 2.05) is 104 Å². The van der Waals surface area contributed by atoms with Crippen molar-refractivity contribution in [3.63, 3.8) is 0 Å². The first-order chi connectivity index (χ1) is 18.5. The van der Waals surface area contributed by atoms with Gasteiger partial charge in [0.05, 0.1) is 13.2 Å². The highest BCUT2D eigenvalue weighted by atomic mass is 16.5. The predicted molar refractivity (Wildman–Crippen MR) is 146 cm³/mol. The Morgan fingerprint density at radius 3 is 2.00 bits per heavy atom. The molecule has 1 amide bonds. The first-order valence-corrected chi connectivity index (χ1v) is 12.5. The van der Waals surface area contributed by atoms with E-state index in [1.165, 1.54) is 0 Å². The molecule has 1 unspecified atom stereocenters. The van der Waals surface area contributed by atoms with Gasteiger partial charge in [-0.1, -0.05) is 78.4 Å². The number of hydrogen-bond acceptors (Lipinski definition) is 5. The summed E-state index contributed by atoms with van der Waals surface area (Å²) >= 11 is 0. The van der Waals surface area contributed by atoms with E-state index in [0.29, 0.717) is 18.1 Å². The minimum Gasteiger partial charge on any atom is -0.484 e. The Bertz CT molecular complexity index is 1290. The molecule has 1 N–H and O–H groups in total. The molecule has 4 aromatic carbocycles. The lowest BCUT2D eigenvalue weighted by atomic mass is 10.0. The van der Waals surface area contributed by atoms with Crippen molar-refractivity contribution in [1.29, 1.82) is 0 Å². The Balaban J connectivity index is 1.35. The molecule has 4 rings (SSSR count). The minimum absolute atomic E-state index is 0.0548. The number of amides is 1. The van der Waals surface area contributed by atoms with E-state index in [9.17, 15) is 9.59 Å². The first-order valence-electron chi connectivity index (χ1n) is 12.5. The van der Waals surface area contributed by atoms with Crippen molar-refractivity contribution in [2.45, 2.75) is 26.0 Å². The zero-order valence-electron chi connectivity index (χ0n) is 21.3. The maximum absolute atomic E-state index is 13.2. The van der Waals surface area contributed by atoms with Gasteiger partial charge < -0.3 is 19.5 Å². The van der Waals surface area contributed by atoms with Crippen molar-refractivity contribution < 1.29 is 23.8 Å². The fourth-order valence-electron chi connectivity index (χ4n) is 3.73. The summed E-state index contributed by atoms with van der Waals surface area (Å²) in [4.78, 5) is 25.9. The highest BCUT2D eigenvalue weighted by molar-refractivity contribution is 5.91. The molecular formula is C32H31NO5. The minimum atomic E-state index is -0.812. The van der Waals surface area contributed by atoms with Gasteiger partial charge in [-0.05, 0) is 54.4 Å². The zero-order chi connectivity index (χ0) is 26.6. The monoisotopic (exact) mass is 509 g/mol. The van der Waals surface area contributed by atoms with Crippen LogP contribution in [-0.2, 0) is 27.4 Å². The van der Waals surface area contributed by atoms with Crippen LogP contribution in [0, 0.1) is 6.92 Å². The maximum Gasteiger partial charge on any atom is 0.258 e. The van der Waals surface area contributed by atoms with Crippen LogP contribution in [0.3, 0.4) is 0 Å². The van der Waals surface area contributed by atoms with Gasteiger partial charge in [0.15, 0.2) is 12.4 Å². The van der Waals surface area contributed by atoms with Gasteiger partial charge in [-0.25, -0.2) is 0 Å². The summed E-state index contributed by atoms with van der Waals surface area (Å²) in [6, 6.07) is 33.1. The van der Waals surface area contributed by atoms with Crippen molar-refractivity contribution >= 4 is 11.7 Å². The molecule has 0 heterocycles. The SMILES string of the molecule is Cc1ccc(OCC(=O)NC(COCc2ccccc2)C(=O)Cc2ccc(Oc3ccccc3)cc2)cc1. The standard InChI is InChI=1S/C32H31NO5/c1-24-12-16-27(17-13-24)37-23-32(35)33-30(22-36-21-26-8-4-2-5-9-26)31(34)20-25-14-18-29(19-15-25)38-28-10-6-3-7-11-28/h2-19,30H,20-23H2,1H3,(H,33,35). The third-order valence-electron chi connectivity index (χ3n) is 5.79. The number of carbonyl (C=O) groups is 2. The number of aryl methyl sites for hydroxylation is 1. The molecule has 0 saturated carbocycles. The summed E-state index contributed by atoms with van der Waals surface area (Å²) in [5, 5.41) is 2.79. The molecule has 0 saturated heterocycles. The van der Waals surface area contributed by atoms with Crippen LogP contribution < -0.4 is 14.8 Å². The van der Waals surface area contributed by atoms with Crippen LogP contribution in [0.2, 0.25) is 0 Å². The highest BCUT2D eigenvalue weighted by Gasteiger charge is 2.22. The van der Waals surface area contributed by atoms with Crippen molar-refractivity contribution in [3.05, 3.63) is 126 Å². The van der Waals surface area contributed by atoms with Crippen molar-refractivity contribution in [1.82, 2.24) is 5.32 Å². The number of Topliss-reactive ketones (excluding diaryl/α,β-unsaturated/α-hetero) is 1. The van der Waals surface area contributed by atoms with Crippen LogP contribution in [0.25, 0.3) is 0 Å². The van der Waals surface area contributed by atoms with Crippen molar-refractivity contribution in [2.24, 2.45) is 0 Å². The van der Waals surface area contributed by atoms with Crippen LogP contribution in [0.15, 0.2) is 109 Å². The summed E-state index contributed by atoms with van der Waals surface area (Å²) in [5.74, 6) is 1.46. The summed E-state index contributed by atoms with van der Waals surface area (Å²) < 4.78 is 17.2. The lowest BCUT2D eigenvalue weighted by molar-refractivity contribution is -0.130. The van der Waals surface area contributed by atoms with Gasteiger partial charge in [0.2, 0.25) is 0 Å². The highest BCUT2D eigenvalue weighted by Crippen LogP contribution is 2.21. The Kier molecular flexibility index (Phi) is 9.65. The topological polar surface area (TPSA) is 73.9 Å². The number of para-hydroxylation sites is 1. The molecule has 0 aromatic heterocycles. The molecule has 194 valence electrons. The van der Waals surface area contributed by atoms with E-state index in [1.54, 1.807) is 12.1 Å². The van der Waals surface area contributed by atoms with Crippen LogP contribution in [0.1, 0.15) is 16.7 Å². The van der Waals surface area contributed by atoms with Gasteiger partial charge in [-0.3, -0.25) is 9.59 Å². The van der Waals surface area contributed by atoms with Gasteiger partial charge in [0.1, 0.15) is 23.3 Å². The largest absolute Gasteiger partial charge is 0.484 e. The van der Waals surface area contributed by atoms with Gasteiger partial charge in [-0.2, -0.15) is 0 Å². The molecule has 0 aliphatic heterocycles. The van der Waals surface area contributed by atoms with Gasteiger partial charge in [0, 0.05) is 6.42 Å². The molecule has 38 heavy (non-hydrogen) atoms. The van der Waals surface area contributed by atoms with E-state index in [0.717, 1.165) is 22.4 Å². The Morgan fingerprint density at radius 1 is 0.711 bits per heavy atom. The zero-order valence-corrected chi connectivity index (χ0v) is 21.3. The second-order valence-corrected chi connectivity index (χ2v) is 8.92. The average Bonchev–Trinajstić information content (AvgIpc) is 2.94. The van der Waals surface area contributed by atoms with Crippen LogP contribution in [0.5, 0.6) is 17.2 Å². The molecule has 0 fully saturated rings. The molecule has 0 aliphatic rings. The third kappa shape index (κ3) is 8.61. The summed E-state index contributed by atoms with van der Waals surface area (Å²) in [5.41, 5.74) is 2.90. The predicted octanol–water partition coefficient (Wildman–Crippen LogP) is 5.68. The van der Waals surface area contributed by atoms with Crippen LogP contribution in [0.4, 0.5) is 0 Å². The molecule has 4 aromatic rings. The Hall–Kier alpha value is -4.42. The number of rotatable bonds is 13. The number of ketones is 1. The molecule has 0 spiro atoms. The normalized spacial score (nSPS) is 11.4. The molecule has 0 bridgehead atoms. The number of carbonyl (C=O) groups excluding carboxylic acids is 2. The summed E-state index contributed by atoms with van der Waals surface area (Å²) in [6.45, 7) is 2.17. The van der Waals surface area contributed by atoms with E-state index < -0.39 is 6.04 Å². The van der Waals surface area contributed by atoms with E-state index in [2.05, 4.69) is 5.32 Å². The number of benzene rings is 4. The first kappa shape index (κ1) is 26.6. The van der Waals surface area contributed by atoms with Gasteiger partial charge in [0.25, 0.3) is 5.91 Å². The average molecular weight is 510 g/mol. The second kappa shape index (κ2) is 13.8. The van der Waals surface area contributed by atoms with E-state index in [-0.39, 0.29) is 31.3 Å². The lowest BCUT2D eigenvalue weighted by Crippen LogP contribution is -2.46. The van der Waals surface area contributed by atoms with Crippen LogP contribution >= 0.6 is 0 Å². The molecule has 0 aliphatic carbocycles. The number of hydrogen-bond donors (Lipinski definition) is 1. The van der Waals surface area contributed by atoms with Gasteiger partial charge in [-0.15, -0.1) is 0 Å².